The third-order valence-corrected chi connectivity index (χ3v) is 1.65. The van der Waals surface area contributed by atoms with Gasteiger partial charge in [-0.15, -0.1) is 0 Å². The zero-order valence-corrected chi connectivity index (χ0v) is 6.99. The highest BCUT2D eigenvalue weighted by Gasteiger charge is 1.98. The zero-order chi connectivity index (χ0) is 8.10. The summed E-state index contributed by atoms with van der Waals surface area (Å²) in [4.78, 5) is 4.27. The maximum atomic E-state index is 4.27. The predicted molar refractivity (Wildman–Crippen MR) is 49.0 cm³/mol. The molecule has 0 aliphatic rings. The van der Waals surface area contributed by atoms with Gasteiger partial charge in [0.05, 0.1) is 6.04 Å². The summed E-state index contributed by atoms with van der Waals surface area (Å²) in [5, 5.41) is 0. The highest BCUT2D eigenvalue weighted by molar-refractivity contribution is 5.53. The van der Waals surface area contributed by atoms with E-state index in [1.54, 1.807) is 0 Å². The van der Waals surface area contributed by atoms with Gasteiger partial charge in [-0.1, -0.05) is 30.3 Å². The minimum Gasteiger partial charge on any atom is -0.290 e. The van der Waals surface area contributed by atoms with Crippen molar-refractivity contribution in [3.8, 4) is 0 Å². The molecule has 0 saturated heterocycles. The second-order valence-electron chi connectivity index (χ2n) is 2.49. The molecule has 0 aliphatic heterocycles. The third kappa shape index (κ3) is 2.19. The van der Waals surface area contributed by atoms with Crippen molar-refractivity contribution in [2.24, 2.45) is 4.99 Å². The first-order chi connectivity index (χ1) is 5.34. The van der Waals surface area contributed by atoms with Crippen LogP contribution in [0.2, 0.25) is 0 Å². The standard InChI is InChI=1S/C10H13N/c1-3-11-9(2)10-7-5-4-6-8-10/h3-9H,1-2H3. The van der Waals surface area contributed by atoms with Crippen LogP contribution < -0.4 is 0 Å². The molecule has 1 atom stereocenters. The van der Waals surface area contributed by atoms with Gasteiger partial charge >= 0.3 is 0 Å². The molecule has 58 valence electrons. The summed E-state index contributed by atoms with van der Waals surface area (Å²) in [6, 6.07) is 10.6. The lowest BCUT2D eigenvalue weighted by molar-refractivity contribution is 0.824. The van der Waals surface area contributed by atoms with Crippen molar-refractivity contribution >= 4 is 6.21 Å². The Morgan fingerprint density at radius 3 is 2.45 bits per heavy atom. The molecule has 11 heavy (non-hydrogen) atoms. The molecule has 1 aromatic rings. The summed E-state index contributed by atoms with van der Waals surface area (Å²) in [5.41, 5.74) is 1.27. The lowest BCUT2D eigenvalue weighted by atomic mass is 10.1. The van der Waals surface area contributed by atoms with E-state index < -0.39 is 0 Å². The van der Waals surface area contributed by atoms with Gasteiger partial charge in [0.15, 0.2) is 0 Å². The Bertz CT molecular complexity index is 226. The average molecular weight is 147 g/mol. The van der Waals surface area contributed by atoms with Crippen LogP contribution in [0.25, 0.3) is 0 Å². The minimum atomic E-state index is 0.293. The lowest BCUT2D eigenvalue weighted by Gasteiger charge is -2.04. The molecule has 0 saturated carbocycles. The van der Waals surface area contributed by atoms with Crippen LogP contribution in [0, 0.1) is 0 Å². The Balaban J connectivity index is 2.76. The van der Waals surface area contributed by atoms with Gasteiger partial charge in [0.1, 0.15) is 0 Å². The first-order valence-electron chi connectivity index (χ1n) is 3.87. The molecule has 0 spiro atoms. The van der Waals surface area contributed by atoms with E-state index in [1.165, 1.54) is 5.56 Å². The third-order valence-electron chi connectivity index (χ3n) is 1.65. The van der Waals surface area contributed by atoms with Gasteiger partial charge in [0, 0.05) is 0 Å². The smallest absolute Gasteiger partial charge is 0.0716 e. The van der Waals surface area contributed by atoms with Gasteiger partial charge in [-0.25, -0.2) is 0 Å². The Morgan fingerprint density at radius 2 is 1.91 bits per heavy atom. The van der Waals surface area contributed by atoms with Gasteiger partial charge in [-0.05, 0) is 25.6 Å². The van der Waals surface area contributed by atoms with Crippen molar-refractivity contribution in [3.05, 3.63) is 35.9 Å². The largest absolute Gasteiger partial charge is 0.290 e. The number of rotatable bonds is 2. The van der Waals surface area contributed by atoms with E-state index in [4.69, 9.17) is 0 Å². The summed E-state index contributed by atoms with van der Waals surface area (Å²) in [7, 11) is 0. The van der Waals surface area contributed by atoms with Crippen LogP contribution in [0.4, 0.5) is 0 Å². The normalized spacial score (nSPS) is 13.6. The molecule has 0 N–H and O–H groups in total. The van der Waals surface area contributed by atoms with Crippen LogP contribution in [0.5, 0.6) is 0 Å². The van der Waals surface area contributed by atoms with Crippen LogP contribution >= 0.6 is 0 Å². The van der Waals surface area contributed by atoms with E-state index in [0.717, 1.165) is 0 Å². The van der Waals surface area contributed by atoms with E-state index in [9.17, 15) is 0 Å². The second-order valence-corrected chi connectivity index (χ2v) is 2.49. The summed E-state index contributed by atoms with van der Waals surface area (Å²) in [5.74, 6) is 0. The second kappa shape index (κ2) is 3.91. The lowest BCUT2D eigenvalue weighted by Crippen LogP contribution is -1.87. The highest BCUT2D eigenvalue weighted by Crippen LogP contribution is 2.14. The molecular formula is C10H13N. The predicted octanol–water partition coefficient (Wildman–Crippen LogP) is 2.84. The molecule has 0 aliphatic carbocycles. The first kappa shape index (κ1) is 7.99. The summed E-state index contributed by atoms with van der Waals surface area (Å²) < 4.78 is 0. The molecule has 1 rings (SSSR count). The monoisotopic (exact) mass is 147 g/mol. The minimum absolute atomic E-state index is 0.293. The fourth-order valence-corrected chi connectivity index (χ4v) is 1.04. The Morgan fingerprint density at radius 1 is 1.27 bits per heavy atom. The van der Waals surface area contributed by atoms with E-state index in [-0.39, 0.29) is 0 Å². The Hall–Kier alpha value is -1.11. The number of aliphatic imine (C=N–C) groups is 1. The van der Waals surface area contributed by atoms with Crippen LogP contribution in [0.15, 0.2) is 35.3 Å². The molecule has 0 radical (unpaired) electrons. The fraction of sp³-hybridized carbons (Fsp3) is 0.300. The molecule has 0 heterocycles. The van der Waals surface area contributed by atoms with Gasteiger partial charge in [-0.3, -0.25) is 4.99 Å². The molecule has 1 unspecified atom stereocenters. The van der Waals surface area contributed by atoms with Crippen LogP contribution in [0.1, 0.15) is 25.5 Å². The number of hydrogen-bond donors (Lipinski definition) is 0. The maximum Gasteiger partial charge on any atom is 0.0716 e. The number of hydrogen-bond acceptors (Lipinski definition) is 1. The van der Waals surface area contributed by atoms with Crippen molar-refractivity contribution < 1.29 is 0 Å². The summed E-state index contributed by atoms with van der Waals surface area (Å²) in [6.07, 6.45) is 1.84. The van der Waals surface area contributed by atoms with Gasteiger partial charge in [0.2, 0.25) is 0 Å². The molecule has 1 nitrogen and oxygen atoms in total. The molecule has 0 bridgehead atoms. The van der Waals surface area contributed by atoms with E-state index in [2.05, 4.69) is 24.0 Å². The Kier molecular flexibility index (Phi) is 2.84. The van der Waals surface area contributed by atoms with Crippen LogP contribution in [-0.4, -0.2) is 6.21 Å². The maximum absolute atomic E-state index is 4.27. The zero-order valence-electron chi connectivity index (χ0n) is 6.99. The Labute approximate surface area is 67.8 Å². The number of nitrogens with zero attached hydrogens (tertiary/aromatic N) is 1. The van der Waals surface area contributed by atoms with Crippen molar-refractivity contribution in [2.75, 3.05) is 0 Å². The van der Waals surface area contributed by atoms with Gasteiger partial charge in [0.25, 0.3) is 0 Å². The molecule has 1 aromatic carbocycles. The summed E-state index contributed by atoms with van der Waals surface area (Å²) >= 11 is 0. The molecule has 0 amide bonds. The number of benzene rings is 1. The van der Waals surface area contributed by atoms with Crippen LogP contribution in [-0.2, 0) is 0 Å². The van der Waals surface area contributed by atoms with Crippen molar-refractivity contribution in [2.45, 2.75) is 19.9 Å². The molecule has 0 aromatic heterocycles. The SMILES string of the molecule is CC=NC(C)c1ccccc1. The average Bonchev–Trinajstić information content (AvgIpc) is 2.07. The van der Waals surface area contributed by atoms with Crippen molar-refractivity contribution in [3.63, 3.8) is 0 Å². The quantitative estimate of drug-likeness (QED) is 0.570. The van der Waals surface area contributed by atoms with Crippen molar-refractivity contribution in [1.29, 1.82) is 0 Å². The van der Waals surface area contributed by atoms with E-state index in [1.807, 2.05) is 31.3 Å². The van der Waals surface area contributed by atoms with Crippen molar-refractivity contribution in [1.82, 2.24) is 0 Å². The molecular weight excluding hydrogens is 134 g/mol. The van der Waals surface area contributed by atoms with Crippen LogP contribution in [0.3, 0.4) is 0 Å². The topological polar surface area (TPSA) is 12.4 Å². The van der Waals surface area contributed by atoms with E-state index >= 15 is 0 Å². The summed E-state index contributed by atoms with van der Waals surface area (Å²) in [6.45, 7) is 4.04. The highest BCUT2D eigenvalue weighted by atomic mass is 14.7. The van der Waals surface area contributed by atoms with Gasteiger partial charge < -0.3 is 0 Å². The molecule has 0 fully saturated rings. The van der Waals surface area contributed by atoms with E-state index in [0.29, 0.717) is 6.04 Å². The fourth-order valence-electron chi connectivity index (χ4n) is 1.04. The first-order valence-corrected chi connectivity index (χ1v) is 3.87. The van der Waals surface area contributed by atoms with Gasteiger partial charge in [-0.2, -0.15) is 0 Å². The molecule has 1 heteroatoms.